The molecule has 5 rings (SSSR count). The highest BCUT2D eigenvalue weighted by atomic mass is 32.2. The first-order chi connectivity index (χ1) is 12.1. The zero-order valence-corrected chi connectivity index (χ0v) is 14.9. The minimum atomic E-state index is -3.18. The lowest BCUT2D eigenvalue weighted by atomic mass is 10.2. The molecule has 0 amide bonds. The van der Waals surface area contributed by atoms with Gasteiger partial charge in [0.25, 0.3) is 0 Å². The highest BCUT2D eigenvalue weighted by molar-refractivity contribution is 7.90. The van der Waals surface area contributed by atoms with E-state index in [-0.39, 0.29) is 11.3 Å². The summed E-state index contributed by atoms with van der Waals surface area (Å²) in [5.41, 5.74) is 1.79. The van der Waals surface area contributed by atoms with Gasteiger partial charge in [-0.2, -0.15) is 4.31 Å². The number of fused-ring (bicyclic) bond motifs is 3. The Hall–Kier alpha value is -1.78. The lowest BCUT2D eigenvalue weighted by Gasteiger charge is -2.37. The van der Waals surface area contributed by atoms with Crippen molar-refractivity contribution in [3.63, 3.8) is 0 Å². The maximum Gasteiger partial charge on any atom is 0.217 e. The van der Waals surface area contributed by atoms with Crippen LogP contribution in [0.5, 0.6) is 0 Å². The fourth-order valence-corrected chi connectivity index (χ4v) is 5.64. The summed E-state index contributed by atoms with van der Waals surface area (Å²) >= 11 is 0. The molecule has 134 valence electrons. The van der Waals surface area contributed by atoms with E-state index in [0.717, 1.165) is 43.1 Å². The molecule has 1 saturated heterocycles. The van der Waals surface area contributed by atoms with Crippen LogP contribution in [0.15, 0.2) is 6.20 Å². The van der Waals surface area contributed by atoms with Gasteiger partial charge in [0.2, 0.25) is 10.0 Å². The van der Waals surface area contributed by atoms with E-state index < -0.39 is 10.0 Å². The summed E-state index contributed by atoms with van der Waals surface area (Å²) in [6, 6.07) is -0.107. The Balaban J connectivity index is 1.55. The van der Waals surface area contributed by atoms with Crippen LogP contribution < -0.4 is 5.32 Å². The molecule has 2 aliphatic heterocycles. The maximum absolute atomic E-state index is 12.7. The van der Waals surface area contributed by atoms with Crippen molar-refractivity contribution < 1.29 is 8.42 Å². The molecular formula is C15H21N7O2S. The Kier molecular flexibility index (Phi) is 3.32. The summed E-state index contributed by atoms with van der Waals surface area (Å²) in [7, 11) is -1.16. The Bertz CT molecular complexity index is 937. The largest absolute Gasteiger partial charge is 0.368 e. The van der Waals surface area contributed by atoms with Crippen LogP contribution in [-0.2, 0) is 16.4 Å². The predicted octanol–water partition coefficient (Wildman–Crippen LogP) is -0.127. The summed E-state index contributed by atoms with van der Waals surface area (Å²) < 4.78 is 29.0. The van der Waals surface area contributed by atoms with Crippen molar-refractivity contribution in [3.05, 3.63) is 17.7 Å². The standard InChI is InChI=1S/C15H21N7O2S/c1-20-6-7-21(25(23,24)10-2-3-10)9-12(20)15-19-18-13-8-17-14-11(22(13)15)4-5-16-14/h8,10,12,16H,2-7,9H2,1H3/t12-/m1/s1. The molecule has 1 saturated carbocycles. The van der Waals surface area contributed by atoms with Gasteiger partial charge in [-0.05, 0) is 19.9 Å². The third kappa shape index (κ3) is 2.35. The van der Waals surface area contributed by atoms with Crippen molar-refractivity contribution in [2.75, 3.05) is 38.5 Å². The molecular weight excluding hydrogens is 342 g/mol. The molecule has 4 heterocycles. The zero-order valence-electron chi connectivity index (χ0n) is 14.1. The van der Waals surface area contributed by atoms with Gasteiger partial charge in [-0.1, -0.05) is 0 Å². The molecule has 0 aromatic carbocycles. The summed E-state index contributed by atoms with van der Waals surface area (Å²) in [5, 5.41) is 11.8. The minimum Gasteiger partial charge on any atom is -0.368 e. The average Bonchev–Trinajstić information content (AvgIpc) is 3.21. The summed E-state index contributed by atoms with van der Waals surface area (Å²) in [6.45, 7) is 2.52. The first-order valence-corrected chi connectivity index (χ1v) is 10.2. The molecule has 0 bridgehead atoms. The van der Waals surface area contributed by atoms with Crippen molar-refractivity contribution in [2.24, 2.45) is 0 Å². The number of anilines is 1. The van der Waals surface area contributed by atoms with E-state index >= 15 is 0 Å². The lowest BCUT2D eigenvalue weighted by molar-refractivity contribution is 0.141. The topological polar surface area (TPSA) is 95.7 Å². The van der Waals surface area contributed by atoms with Crippen molar-refractivity contribution in [2.45, 2.75) is 30.6 Å². The van der Waals surface area contributed by atoms with Crippen molar-refractivity contribution in [3.8, 4) is 0 Å². The monoisotopic (exact) mass is 363 g/mol. The van der Waals surface area contributed by atoms with Crippen LogP contribution in [0, 0.1) is 0 Å². The van der Waals surface area contributed by atoms with Gasteiger partial charge in [0.05, 0.1) is 23.2 Å². The highest BCUT2D eigenvalue weighted by Gasteiger charge is 2.43. The van der Waals surface area contributed by atoms with Gasteiger partial charge in [-0.3, -0.25) is 9.30 Å². The SMILES string of the molecule is CN1CCN(S(=O)(=O)C2CC2)C[C@@H]1c1nnc2cnc3c(n12)CCN3. The first-order valence-electron chi connectivity index (χ1n) is 8.71. The van der Waals surface area contributed by atoms with E-state index in [2.05, 4.69) is 29.8 Å². The zero-order chi connectivity index (χ0) is 17.2. The van der Waals surface area contributed by atoms with Gasteiger partial charge in [0.15, 0.2) is 11.5 Å². The number of nitrogens with one attached hydrogen (secondary N) is 1. The van der Waals surface area contributed by atoms with E-state index in [0.29, 0.717) is 25.3 Å². The van der Waals surface area contributed by atoms with Crippen LogP contribution in [0.2, 0.25) is 0 Å². The maximum atomic E-state index is 12.7. The fourth-order valence-electron chi connectivity index (χ4n) is 3.80. The summed E-state index contributed by atoms with van der Waals surface area (Å²) in [6.07, 6.45) is 4.16. The van der Waals surface area contributed by atoms with Gasteiger partial charge in [-0.15, -0.1) is 10.2 Å². The molecule has 0 spiro atoms. The summed E-state index contributed by atoms with van der Waals surface area (Å²) in [5.74, 6) is 1.67. The van der Waals surface area contributed by atoms with Gasteiger partial charge in [0.1, 0.15) is 5.82 Å². The number of aromatic nitrogens is 4. The van der Waals surface area contributed by atoms with Gasteiger partial charge >= 0.3 is 0 Å². The molecule has 9 nitrogen and oxygen atoms in total. The fraction of sp³-hybridized carbons (Fsp3) is 0.667. The van der Waals surface area contributed by atoms with Gasteiger partial charge < -0.3 is 5.32 Å². The molecule has 1 aliphatic carbocycles. The third-order valence-corrected chi connectivity index (χ3v) is 7.80. The summed E-state index contributed by atoms with van der Waals surface area (Å²) in [4.78, 5) is 6.57. The minimum absolute atomic E-state index is 0.107. The number of nitrogens with zero attached hydrogens (tertiary/aromatic N) is 6. The second-order valence-corrected chi connectivity index (χ2v) is 9.29. The molecule has 2 aromatic rings. The number of rotatable bonds is 3. The molecule has 10 heteroatoms. The molecule has 2 aromatic heterocycles. The Morgan fingerprint density at radius 1 is 1.24 bits per heavy atom. The average molecular weight is 363 g/mol. The molecule has 3 aliphatic rings. The van der Waals surface area contributed by atoms with Crippen molar-refractivity contribution in [1.82, 2.24) is 28.8 Å². The van der Waals surface area contributed by atoms with Crippen molar-refractivity contribution in [1.29, 1.82) is 0 Å². The quantitative estimate of drug-likeness (QED) is 0.812. The number of sulfonamides is 1. The third-order valence-electron chi connectivity index (χ3n) is 5.43. The second-order valence-electron chi connectivity index (χ2n) is 7.08. The Morgan fingerprint density at radius 2 is 2.08 bits per heavy atom. The number of hydrogen-bond acceptors (Lipinski definition) is 7. The van der Waals surface area contributed by atoms with Gasteiger partial charge in [0, 0.05) is 32.6 Å². The smallest absolute Gasteiger partial charge is 0.217 e. The molecule has 1 atom stereocenters. The lowest BCUT2D eigenvalue weighted by Crippen LogP contribution is -2.50. The van der Waals surface area contributed by atoms with E-state index in [1.54, 1.807) is 10.5 Å². The Morgan fingerprint density at radius 3 is 2.88 bits per heavy atom. The van der Waals surface area contributed by atoms with Crippen LogP contribution in [0.1, 0.15) is 30.4 Å². The Labute approximate surface area is 146 Å². The van der Waals surface area contributed by atoms with Crippen LogP contribution in [0.25, 0.3) is 5.65 Å². The van der Waals surface area contributed by atoms with Crippen LogP contribution in [0.4, 0.5) is 5.82 Å². The van der Waals surface area contributed by atoms with E-state index in [1.165, 1.54) is 0 Å². The second kappa shape index (κ2) is 5.36. The van der Waals surface area contributed by atoms with E-state index in [9.17, 15) is 8.42 Å². The molecule has 1 N–H and O–H groups in total. The number of hydrogen-bond donors (Lipinski definition) is 1. The molecule has 0 radical (unpaired) electrons. The highest BCUT2D eigenvalue weighted by Crippen LogP contribution is 2.34. The molecule has 0 unspecified atom stereocenters. The van der Waals surface area contributed by atoms with Gasteiger partial charge in [-0.25, -0.2) is 13.4 Å². The van der Waals surface area contributed by atoms with Crippen molar-refractivity contribution >= 4 is 21.5 Å². The molecule has 25 heavy (non-hydrogen) atoms. The van der Waals surface area contributed by atoms with E-state index in [4.69, 9.17) is 0 Å². The van der Waals surface area contributed by atoms with Crippen LogP contribution in [-0.4, -0.2) is 75.7 Å². The van der Waals surface area contributed by atoms with E-state index in [1.807, 2.05) is 7.05 Å². The normalized spacial score (nSPS) is 25.2. The van der Waals surface area contributed by atoms with Crippen LogP contribution >= 0.6 is 0 Å². The first kappa shape index (κ1) is 15.5. The van der Waals surface area contributed by atoms with Crippen LogP contribution in [0.3, 0.4) is 0 Å². The molecule has 2 fully saturated rings. The predicted molar refractivity (Wildman–Crippen MR) is 91.9 cm³/mol. The number of piperazine rings is 1. The number of likely N-dealkylation sites (N-methyl/N-ethyl adjacent to an activating group) is 1.